The van der Waals surface area contributed by atoms with E-state index in [-0.39, 0.29) is 11.7 Å². The van der Waals surface area contributed by atoms with Gasteiger partial charge in [0.25, 0.3) is 5.91 Å². The number of hydrogen-bond acceptors (Lipinski definition) is 4. The van der Waals surface area contributed by atoms with E-state index in [0.29, 0.717) is 29.0 Å². The summed E-state index contributed by atoms with van der Waals surface area (Å²) in [5, 5.41) is 15.0. The van der Waals surface area contributed by atoms with Crippen molar-refractivity contribution in [2.45, 2.75) is 6.42 Å². The van der Waals surface area contributed by atoms with E-state index in [0.717, 1.165) is 11.3 Å². The van der Waals surface area contributed by atoms with E-state index in [1.807, 2.05) is 47.8 Å². The minimum atomic E-state index is -0.199. The highest BCUT2D eigenvalue weighted by Crippen LogP contribution is 2.30. The van der Waals surface area contributed by atoms with Crippen LogP contribution >= 0.6 is 11.3 Å². The normalized spacial score (nSPS) is 10.9. The fraction of sp³-hybridized carbons (Fsp3) is 0.100. The number of phenolic OH excluding ortho intramolecular Hbond substituents is 1. The standard InChI is InChI=1S/C20H17N3O2S/c24-15-9-8-14(20(25)21-11-10-13-5-2-1-3-6-13)17-18(15)23-19(22-17)16-7-4-12-26-16/h1-9,12,24H,10-11H2,(H,21,25)(H,22,23). The maximum absolute atomic E-state index is 12.6. The van der Waals surface area contributed by atoms with E-state index in [2.05, 4.69) is 15.3 Å². The van der Waals surface area contributed by atoms with Crippen LogP contribution in [0.15, 0.2) is 60.0 Å². The number of nitrogens with zero attached hydrogens (tertiary/aromatic N) is 1. The predicted octanol–water partition coefficient (Wildman–Crippen LogP) is 3.97. The van der Waals surface area contributed by atoms with Crippen LogP contribution in [0.1, 0.15) is 15.9 Å². The molecule has 0 aliphatic heterocycles. The lowest BCUT2D eigenvalue weighted by Gasteiger charge is -2.06. The van der Waals surface area contributed by atoms with Gasteiger partial charge in [-0.3, -0.25) is 4.79 Å². The summed E-state index contributed by atoms with van der Waals surface area (Å²) in [7, 11) is 0. The molecule has 0 spiro atoms. The SMILES string of the molecule is O=C(NCCc1ccccc1)c1ccc(O)c2[nH]c(-c3cccs3)nc12. The molecule has 0 saturated carbocycles. The van der Waals surface area contributed by atoms with E-state index >= 15 is 0 Å². The van der Waals surface area contributed by atoms with E-state index < -0.39 is 0 Å². The first-order valence-corrected chi connectivity index (χ1v) is 9.18. The van der Waals surface area contributed by atoms with Crippen LogP contribution in [0.4, 0.5) is 0 Å². The molecule has 2 aromatic heterocycles. The zero-order chi connectivity index (χ0) is 17.9. The first-order chi connectivity index (χ1) is 12.7. The molecule has 2 heterocycles. The van der Waals surface area contributed by atoms with E-state index in [9.17, 15) is 9.90 Å². The molecule has 0 atom stereocenters. The fourth-order valence-corrected chi connectivity index (χ4v) is 3.52. The van der Waals surface area contributed by atoms with Crippen LogP contribution in [0.2, 0.25) is 0 Å². The molecule has 0 saturated heterocycles. The van der Waals surface area contributed by atoms with Gasteiger partial charge in [0.2, 0.25) is 0 Å². The highest BCUT2D eigenvalue weighted by atomic mass is 32.1. The van der Waals surface area contributed by atoms with Gasteiger partial charge in [0, 0.05) is 6.54 Å². The van der Waals surface area contributed by atoms with E-state index in [1.165, 1.54) is 11.6 Å². The molecule has 0 bridgehead atoms. The number of amides is 1. The molecule has 0 aliphatic carbocycles. The topological polar surface area (TPSA) is 78.0 Å². The predicted molar refractivity (Wildman–Crippen MR) is 104 cm³/mol. The first-order valence-electron chi connectivity index (χ1n) is 8.30. The Kier molecular flexibility index (Phi) is 4.41. The number of benzene rings is 2. The molecule has 2 aromatic carbocycles. The van der Waals surface area contributed by atoms with Gasteiger partial charge in [0.15, 0.2) is 0 Å². The van der Waals surface area contributed by atoms with E-state index in [4.69, 9.17) is 0 Å². The number of nitrogens with one attached hydrogen (secondary N) is 2. The number of fused-ring (bicyclic) bond motifs is 1. The molecule has 130 valence electrons. The molecule has 5 nitrogen and oxygen atoms in total. The molecule has 6 heteroatoms. The summed E-state index contributed by atoms with van der Waals surface area (Å²) < 4.78 is 0. The quantitative estimate of drug-likeness (QED) is 0.502. The van der Waals surface area contributed by atoms with Gasteiger partial charge in [-0.25, -0.2) is 4.98 Å². The second-order valence-electron chi connectivity index (χ2n) is 5.91. The summed E-state index contributed by atoms with van der Waals surface area (Å²) in [6.45, 7) is 0.535. The fourth-order valence-electron chi connectivity index (χ4n) is 2.85. The lowest BCUT2D eigenvalue weighted by Crippen LogP contribution is -2.25. The average molecular weight is 363 g/mol. The van der Waals surface area contributed by atoms with Crippen molar-refractivity contribution in [1.29, 1.82) is 0 Å². The average Bonchev–Trinajstić information content (AvgIpc) is 3.33. The number of H-pyrrole nitrogens is 1. The van der Waals surface area contributed by atoms with Gasteiger partial charge in [-0.15, -0.1) is 11.3 Å². The van der Waals surface area contributed by atoms with Crippen molar-refractivity contribution in [2.24, 2.45) is 0 Å². The second-order valence-corrected chi connectivity index (χ2v) is 6.86. The number of carbonyl (C=O) groups excluding carboxylic acids is 1. The maximum atomic E-state index is 12.6. The summed E-state index contributed by atoms with van der Waals surface area (Å²) in [4.78, 5) is 21.2. The van der Waals surface area contributed by atoms with Crippen LogP contribution in [0.5, 0.6) is 5.75 Å². The third-order valence-corrected chi connectivity index (χ3v) is 5.04. The number of phenols is 1. The van der Waals surface area contributed by atoms with E-state index in [1.54, 1.807) is 17.4 Å². The van der Waals surface area contributed by atoms with Crippen molar-refractivity contribution in [3.05, 3.63) is 71.1 Å². The number of hydrogen-bond donors (Lipinski definition) is 3. The van der Waals surface area contributed by atoms with Gasteiger partial charge >= 0.3 is 0 Å². The zero-order valence-electron chi connectivity index (χ0n) is 13.9. The number of rotatable bonds is 5. The van der Waals surface area contributed by atoms with Gasteiger partial charge in [-0.2, -0.15) is 0 Å². The van der Waals surface area contributed by atoms with Crippen molar-refractivity contribution >= 4 is 28.3 Å². The van der Waals surface area contributed by atoms with Crippen molar-refractivity contribution in [2.75, 3.05) is 6.54 Å². The number of aromatic amines is 1. The number of aromatic hydroxyl groups is 1. The Morgan fingerprint density at radius 3 is 2.73 bits per heavy atom. The summed E-state index contributed by atoms with van der Waals surface area (Å²) >= 11 is 1.55. The molecular formula is C20H17N3O2S. The van der Waals surface area contributed by atoms with Gasteiger partial charge in [-0.1, -0.05) is 36.4 Å². The summed E-state index contributed by atoms with van der Waals surface area (Å²) in [5.41, 5.74) is 2.57. The summed E-state index contributed by atoms with van der Waals surface area (Å²) in [6, 6.07) is 17.0. The number of aromatic nitrogens is 2. The number of imidazole rings is 1. The van der Waals surface area contributed by atoms with Gasteiger partial charge in [0.1, 0.15) is 22.6 Å². The Morgan fingerprint density at radius 1 is 1.12 bits per heavy atom. The van der Waals surface area contributed by atoms with Crippen LogP contribution in [0.3, 0.4) is 0 Å². The summed E-state index contributed by atoms with van der Waals surface area (Å²) in [5.74, 6) is 0.529. The van der Waals surface area contributed by atoms with Crippen molar-refractivity contribution in [1.82, 2.24) is 15.3 Å². The van der Waals surface area contributed by atoms with Gasteiger partial charge < -0.3 is 15.4 Å². The Morgan fingerprint density at radius 2 is 1.96 bits per heavy atom. The highest BCUT2D eigenvalue weighted by molar-refractivity contribution is 7.13. The molecule has 0 fully saturated rings. The molecule has 0 unspecified atom stereocenters. The lowest BCUT2D eigenvalue weighted by atomic mass is 10.1. The maximum Gasteiger partial charge on any atom is 0.253 e. The number of carbonyl (C=O) groups is 1. The largest absolute Gasteiger partial charge is 0.506 e. The molecule has 4 rings (SSSR count). The molecule has 3 N–H and O–H groups in total. The third kappa shape index (κ3) is 3.19. The van der Waals surface area contributed by atoms with Gasteiger partial charge in [0.05, 0.1) is 10.4 Å². The Bertz CT molecular complexity index is 1040. The molecular weight excluding hydrogens is 346 g/mol. The molecule has 0 radical (unpaired) electrons. The lowest BCUT2D eigenvalue weighted by molar-refractivity contribution is 0.0955. The van der Waals surface area contributed by atoms with Gasteiger partial charge in [-0.05, 0) is 35.6 Å². The number of thiophene rings is 1. The first kappa shape index (κ1) is 16.4. The van der Waals surface area contributed by atoms with Crippen LogP contribution in [0.25, 0.3) is 21.7 Å². The van der Waals surface area contributed by atoms with Crippen molar-refractivity contribution in [3.8, 4) is 16.5 Å². The zero-order valence-corrected chi connectivity index (χ0v) is 14.7. The van der Waals surface area contributed by atoms with Crippen molar-refractivity contribution in [3.63, 3.8) is 0 Å². The second kappa shape index (κ2) is 7.01. The van der Waals surface area contributed by atoms with Crippen LogP contribution in [-0.2, 0) is 6.42 Å². The van der Waals surface area contributed by atoms with Crippen LogP contribution in [-0.4, -0.2) is 27.5 Å². The third-order valence-electron chi connectivity index (χ3n) is 4.16. The molecule has 1 amide bonds. The molecule has 0 aliphatic rings. The highest BCUT2D eigenvalue weighted by Gasteiger charge is 2.17. The Hall–Kier alpha value is -3.12. The Balaban J connectivity index is 1.57. The van der Waals surface area contributed by atoms with Crippen LogP contribution < -0.4 is 5.32 Å². The smallest absolute Gasteiger partial charge is 0.253 e. The molecule has 4 aromatic rings. The minimum absolute atomic E-state index is 0.0798. The van der Waals surface area contributed by atoms with Crippen LogP contribution in [0, 0.1) is 0 Å². The summed E-state index contributed by atoms with van der Waals surface area (Å²) in [6.07, 6.45) is 0.759. The minimum Gasteiger partial charge on any atom is -0.506 e. The monoisotopic (exact) mass is 363 g/mol. The molecule has 26 heavy (non-hydrogen) atoms. The Labute approximate surface area is 154 Å². The van der Waals surface area contributed by atoms with Crippen molar-refractivity contribution < 1.29 is 9.90 Å².